The van der Waals surface area contributed by atoms with Crippen LogP contribution in [0, 0.1) is 0 Å². The van der Waals surface area contributed by atoms with Crippen molar-refractivity contribution in [3.8, 4) is 0 Å². The Balaban J connectivity index is 2.78. The van der Waals surface area contributed by atoms with E-state index in [1.165, 1.54) is 0 Å². The van der Waals surface area contributed by atoms with Crippen LogP contribution in [-0.2, 0) is 9.53 Å². The van der Waals surface area contributed by atoms with Gasteiger partial charge >= 0.3 is 0 Å². The van der Waals surface area contributed by atoms with Gasteiger partial charge in [0.25, 0.3) is 0 Å². The van der Waals surface area contributed by atoms with Crippen LogP contribution >= 0.6 is 0 Å². The Labute approximate surface area is 87.7 Å². The molecule has 0 amide bonds. The monoisotopic (exact) mass is 202 g/mol. The van der Waals surface area contributed by atoms with E-state index in [2.05, 4.69) is 13.2 Å². The van der Waals surface area contributed by atoms with Crippen molar-refractivity contribution in [3.05, 3.63) is 54.3 Å². The molecule has 1 rings (SSSR count). The number of rotatable bonds is 5. The van der Waals surface area contributed by atoms with Crippen molar-refractivity contribution in [2.75, 3.05) is 0 Å². The fraction of sp³-hybridized carbons (Fsp3) is 0. The first-order valence-corrected chi connectivity index (χ1v) is 4.24. The summed E-state index contributed by atoms with van der Waals surface area (Å²) in [5.41, 5.74) is 1.27. The number of hydrogen-bond acceptors (Lipinski definition) is 3. The van der Waals surface area contributed by atoms with Gasteiger partial charge in [-0.05, 0) is 0 Å². The number of allylic oxidation sites excluding steroid dienone is 1. The first-order chi connectivity index (χ1) is 7.17. The summed E-state index contributed by atoms with van der Waals surface area (Å²) in [5.74, 6) is 0.323. The Morgan fingerprint density at radius 1 is 1.13 bits per heavy atom. The summed E-state index contributed by atoms with van der Waals surface area (Å²) in [6.45, 7) is 7.00. The average Bonchev–Trinajstić information content (AvgIpc) is 2.29. The SMILES string of the molecule is C=C(C=O)OC(=C)c1ccc(C=O)cc1. The Hall–Kier alpha value is -2.16. The molecule has 0 radical (unpaired) electrons. The summed E-state index contributed by atoms with van der Waals surface area (Å²) < 4.78 is 5.01. The number of carbonyl (C=O) groups is 2. The van der Waals surface area contributed by atoms with Crippen LogP contribution in [0.25, 0.3) is 5.76 Å². The molecule has 0 atom stereocenters. The van der Waals surface area contributed by atoms with Gasteiger partial charge in [0.05, 0.1) is 0 Å². The second-order valence-electron chi connectivity index (χ2n) is 2.85. The molecule has 0 aliphatic rings. The van der Waals surface area contributed by atoms with Crippen molar-refractivity contribution in [2.45, 2.75) is 0 Å². The highest BCUT2D eigenvalue weighted by molar-refractivity contribution is 5.76. The quantitative estimate of drug-likeness (QED) is 0.417. The van der Waals surface area contributed by atoms with Crippen LogP contribution in [0.4, 0.5) is 0 Å². The van der Waals surface area contributed by atoms with Crippen molar-refractivity contribution in [3.63, 3.8) is 0 Å². The standard InChI is InChI=1S/C12H10O3/c1-9(7-13)15-10(2)12-5-3-11(8-14)4-6-12/h3-8H,1-2H2. The van der Waals surface area contributed by atoms with Gasteiger partial charge in [-0.3, -0.25) is 9.59 Å². The minimum atomic E-state index is -0.000496. The number of hydrogen-bond donors (Lipinski definition) is 0. The third-order valence-electron chi connectivity index (χ3n) is 1.75. The van der Waals surface area contributed by atoms with Crippen LogP contribution in [0.15, 0.2) is 43.2 Å². The van der Waals surface area contributed by atoms with Gasteiger partial charge in [0.2, 0.25) is 0 Å². The lowest BCUT2D eigenvalue weighted by atomic mass is 10.1. The van der Waals surface area contributed by atoms with Crippen LogP contribution < -0.4 is 0 Å². The van der Waals surface area contributed by atoms with Crippen molar-refractivity contribution >= 4 is 18.3 Å². The van der Waals surface area contributed by atoms with E-state index in [0.29, 0.717) is 23.2 Å². The fourth-order valence-electron chi connectivity index (χ4n) is 0.989. The van der Waals surface area contributed by atoms with Gasteiger partial charge in [-0.2, -0.15) is 0 Å². The molecule has 15 heavy (non-hydrogen) atoms. The summed E-state index contributed by atoms with van der Waals surface area (Å²) in [6, 6.07) is 6.65. The summed E-state index contributed by atoms with van der Waals surface area (Å²) in [7, 11) is 0. The Morgan fingerprint density at radius 3 is 2.20 bits per heavy atom. The van der Waals surface area contributed by atoms with Crippen LogP contribution in [0.1, 0.15) is 15.9 Å². The van der Waals surface area contributed by atoms with Crippen molar-refractivity contribution in [1.82, 2.24) is 0 Å². The molecule has 0 heterocycles. The van der Waals surface area contributed by atoms with Gasteiger partial charge in [0, 0.05) is 11.1 Å². The molecule has 0 aliphatic heterocycles. The van der Waals surface area contributed by atoms with Gasteiger partial charge in [-0.1, -0.05) is 37.4 Å². The zero-order chi connectivity index (χ0) is 11.3. The van der Waals surface area contributed by atoms with Crippen molar-refractivity contribution in [1.29, 1.82) is 0 Å². The number of aldehydes is 2. The van der Waals surface area contributed by atoms with Crippen LogP contribution in [-0.4, -0.2) is 12.6 Å². The molecule has 0 bridgehead atoms. The third-order valence-corrected chi connectivity index (χ3v) is 1.75. The summed E-state index contributed by atoms with van der Waals surface area (Å²) in [6.07, 6.45) is 1.25. The molecule has 0 aromatic heterocycles. The van der Waals surface area contributed by atoms with Gasteiger partial charge in [-0.15, -0.1) is 0 Å². The summed E-state index contributed by atoms with van der Waals surface area (Å²) in [5, 5.41) is 0. The highest BCUT2D eigenvalue weighted by Gasteiger charge is 2.01. The zero-order valence-electron chi connectivity index (χ0n) is 8.10. The molecule has 0 saturated heterocycles. The van der Waals surface area contributed by atoms with Crippen LogP contribution in [0.5, 0.6) is 0 Å². The lowest BCUT2D eigenvalue weighted by Gasteiger charge is -2.06. The van der Waals surface area contributed by atoms with E-state index in [-0.39, 0.29) is 5.76 Å². The normalized spacial score (nSPS) is 9.07. The van der Waals surface area contributed by atoms with E-state index < -0.39 is 0 Å². The van der Waals surface area contributed by atoms with E-state index in [1.807, 2.05) is 0 Å². The molecular formula is C12H10O3. The smallest absolute Gasteiger partial charge is 0.184 e. The summed E-state index contributed by atoms with van der Waals surface area (Å²) >= 11 is 0. The predicted molar refractivity (Wildman–Crippen MR) is 57.2 cm³/mol. The molecule has 0 spiro atoms. The number of ether oxygens (including phenoxy) is 1. The largest absolute Gasteiger partial charge is 0.455 e. The third kappa shape index (κ3) is 2.91. The van der Waals surface area contributed by atoms with Crippen molar-refractivity contribution < 1.29 is 14.3 Å². The molecule has 0 unspecified atom stereocenters. The molecule has 3 nitrogen and oxygen atoms in total. The molecule has 76 valence electrons. The number of carbonyl (C=O) groups excluding carboxylic acids is 2. The molecule has 0 fully saturated rings. The lowest BCUT2D eigenvalue weighted by Crippen LogP contribution is -1.92. The van der Waals surface area contributed by atoms with Gasteiger partial charge < -0.3 is 4.74 Å². The van der Waals surface area contributed by atoms with Crippen molar-refractivity contribution in [2.24, 2.45) is 0 Å². The molecule has 1 aromatic rings. The average molecular weight is 202 g/mol. The maximum atomic E-state index is 10.4. The highest BCUT2D eigenvalue weighted by Crippen LogP contribution is 2.16. The Morgan fingerprint density at radius 2 is 1.73 bits per heavy atom. The molecular weight excluding hydrogens is 192 g/mol. The minimum Gasteiger partial charge on any atom is -0.455 e. The first-order valence-electron chi connectivity index (χ1n) is 4.24. The highest BCUT2D eigenvalue weighted by atomic mass is 16.5. The maximum absolute atomic E-state index is 10.4. The molecule has 0 N–H and O–H groups in total. The van der Waals surface area contributed by atoms with E-state index >= 15 is 0 Å². The van der Waals surface area contributed by atoms with Crippen LogP contribution in [0.3, 0.4) is 0 Å². The van der Waals surface area contributed by atoms with E-state index in [4.69, 9.17) is 4.74 Å². The second kappa shape index (κ2) is 4.91. The lowest BCUT2D eigenvalue weighted by molar-refractivity contribution is -0.106. The van der Waals surface area contributed by atoms with E-state index in [9.17, 15) is 9.59 Å². The molecule has 0 saturated carbocycles. The number of benzene rings is 1. The topological polar surface area (TPSA) is 43.4 Å². The minimum absolute atomic E-state index is 0.000496. The fourth-order valence-corrected chi connectivity index (χ4v) is 0.989. The van der Waals surface area contributed by atoms with E-state index in [0.717, 1.165) is 6.29 Å². The van der Waals surface area contributed by atoms with Gasteiger partial charge in [0.15, 0.2) is 12.0 Å². The summed E-state index contributed by atoms with van der Waals surface area (Å²) in [4.78, 5) is 20.7. The first kappa shape index (κ1) is 10.9. The van der Waals surface area contributed by atoms with Gasteiger partial charge in [0.1, 0.15) is 12.0 Å². The Kier molecular flexibility index (Phi) is 3.57. The zero-order valence-corrected chi connectivity index (χ0v) is 8.10. The van der Waals surface area contributed by atoms with Gasteiger partial charge in [-0.25, -0.2) is 0 Å². The van der Waals surface area contributed by atoms with Crippen LogP contribution in [0.2, 0.25) is 0 Å². The molecule has 1 aromatic carbocycles. The van der Waals surface area contributed by atoms with E-state index in [1.54, 1.807) is 24.3 Å². The molecule has 3 heteroatoms. The predicted octanol–water partition coefficient (Wildman–Crippen LogP) is 2.20. The maximum Gasteiger partial charge on any atom is 0.184 e. The Bertz CT molecular complexity index is 401. The molecule has 0 aliphatic carbocycles. The second-order valence-corrected chi connectivity index (χ2v) is 2.85.